The van der Waals surface area contributed by atoms with Gasteiger partial charge in [-0.25, -0.2) is 22.3 Å². The average Bonchev–Trinajstić information content (AvgIpc) is 3.01. The van der Waals surface area contributed by atoms with E-state index in [2.05, 4.69) is 9.71 Å². The Kier molecular flexibility index (Phi) is 7.81. The zero-order chi connectivity index (χ0) is 26.2. The predicted octanol–water partition coefficient (Wildman–Crippen LogP) is 4.83. The highest BCUT2D eigenvalue weighted by Gasteiger charge is 2.51. The molecule has 0 saturated carbocycles. The lowest BCUT2D eigenvalue weighted by Gasteiger charge is -2.34. The summed E-state index contributed by atoms with van der Waals surface area (Å²) in [5.74, 6) is 0. The van der Waals surface area contributed by atoms with Gasteiger partial charge in [0.05, 0.1) is 29.6 Å². The summed E-state index contributed by atoms with van der Waals surface area (Å²) in [5, 5.41) is 0.328. The number of ether oxygens (including phenoxy) is 2. The summed E-state index contributed by atoms with van der Waals surface area (Å²) in [7, 11) is -3.37. The fourth-order valence-electron chi connectivity index (χ4n) is 3.91. The van der Waals surface area contributed by atoms with Crippen LogP contribution in [-0.2, 0) is 26.0 Å². The summed E-state index contributed by atoms with van der Waals surface area (Å²) >= 11 is 6.30. The van der Waals surface area contributed by atoms with Crippen molar-refractivity contribution in [3.63, 3.8) is 0 Å². The van der Waals surface area contributed by atoms with Gasteiger partial charge >= 0.3 is 6.09 Å². The molecule has 1 aromatic heterocycles. The maximum atomic E-state index is 14.2. The molecule has 1 aliphatic heterocycles. The van der Waals surface area contributed by atoms with Crippen LogP contribution in [0.5, 0.6) is 0 Å². The normalized spacial score (nSPS) is 20.2. The maximum Gasteiger partial charge on any atom is 0.413 e. The first-order valence-electron chi connectivity index (χ1n) is 11.1. The number of hydrogen-bond acceptors (Lipinski definition) is 6. The molecule has 2 heterocycles. The first-order valence-corrected chi connectivity index (χ1v) is 13.3. The second-order valence-corrected chi connectivity index (χ2v) is 12.2. The molecule has 0 spiro atoms. The third-order valence-electron chi connectivity index (χ3n) is 5.42. The summed E-state index contributed by atoms with van der Waals surface area (Å²) in [6.45, 7) is 7.88. The van der Waals surface area contributed by atoms with Crippen molar-refractivity contribution in [2.75, 3.05) is 12.9 Å². The van der Waals surface area contributed by atoms with Crippen LogP contribution in [0.3, 0.4) is 0 Å². The van der Waals surface area contributed by atoms with Crippen molar-refractivity contribution in [1.82, 2.24) is 14.6 Å². The number of hydrogen-bond donors (Lipinski definition) is 1. The van der Waals surface area contributed by atoms with Crippen LogP contribution in [0.1, 0.15) is 52.0 Å². The standard InChI is InChI=1S/C24H31ClFN3O5S/c1-23(2,3)34-22(30)29-20(12-26)21(33-24(29,4)5)16-9-7-15(8-10-16)17-11-18(25)19(27-13-17)14-28-35(6,31)32/h7-11,13,20-21,28H,12,14H2,1-6H3/t20-,21-/m1/s1. The summed E-state index contributed by atoms with van der Waals surface area (Å²) in [5.41, 5.74) is 0.879. The van der Waals surface area contributed by atoms with Crippen molar-refractivity contribution in [3.8, 4) is 11.1 Å². The van der Waals surface area contributed by atoms with Gasteiger partial charge in [0.25, 0.3) is 0 Å². The molecule has 35 heavy (non-hydrogen) atoms. The van der Waals surface area contributed by atoms with Crippen LogP contribution >= 0.6 is 11.6 Å². The smallest absolute Gasteiger partial charge is 0.413 e. The van der Waals surface area contributed by atoms with Gasteiger partial charge in [-0.05, 0) is 51.8 Å². The van der Waals surface area contributed by atoms with Gasteiger partial charge in [-0.2, -0.15) is 0 Å². The van der Waals surface area contributed by atoms with Gasteiger partial charge in [0.15, 0.2) is 0 Å². The predicted molar refractivity (Wildman–Crippen MR) is 132 cm³/mol. The van der Waals surface area contributed by atoms with E-state index in [4.69, 9.17) is 21.1 Å². The molecule has 0 bridgehead atoms. The highest BCUT2D eigenvalue weighted by atomic mass is 35.5. The first kappa shape index (κ1) is 27.3. The second-order valence-electron chi connectivity index (χ2n) is 9.92. The van der Waals surface area contributed by atoms with Crippen LogP contribution in [0, 0.1) is 0 Å². The Balaban J connectivity index is 1.81. The molecule has 0 unspecified atom stereocenters. The fourth-order valence-corrected chi connectivity index (χ4v) is 4.54. The van der Waals surface area contributed by atoms with Crippen molar-refractivity contribution < 1.29 is 27.1 Å². The Bertz CT molecular complexity index is 1180. The number of pyridine rings is 1. The minimum Gasteiger partial charge on any atom is -0.444 e. The van der Waals surface area contributed by atoms with E-state index in [0.29, 0.717) is 16.3 Å². The zero-order valence-corrected chi connectivity index (χ0v) is 22.2. The van der Waals surface area contributed by atoms with Crippen molar-refractivity contribution in [3.05, 3.63) is 52.8 Å². The van der Waals surface area contributed by atoms with E-state index in [9.17, 15) is 17.6 Å². The Morgan fingerprint density at radius 1 is 1.26 bits per heavy atom. The molecule has 3 rings (SSSR count). The van der Waals surface area contributed by atoms with Crippen molar-refractivity contribution in [2.24, 2.45) is 0 Å². The third-order valence-corrected chi connectivity index (χ3v) is 6.41. The molecule has 1 N–H and O–H groups in total. The van der Waals surface area contributed by atoms with Crippen LogP contribution in [-0.4, -0.2) is 54.7 Å². The van der Waals surface area contributed by atoms with Crippen LogP contribution in [0.4, 0.5) is 9.18 Å². The van der Waals surface area contributed by atoms with Crippen LogP contribution in [0.2, 0.25) is 5.02 Å². The highest BCUT2D eigenvalue weighted by Crippen LogP contribution is 2.42. The molecule has 0 aliphatic carbocycles. The number of benzene rings is 1. The minimum absolute atomic E-state index is 0.00947. The van der Waals surface area contributed by atoms with Gasteiger partial charge in [-0.15, -0.1) is 0 Å². The number of rotatable bonds is 6. The number of amides is 1. The van der Waals surface area contributed by atoms with Gasteiger partial charge in [0, 0.05) is 11.8 Å². The number of halogens is 2. The third kappa shape index (κ3) is 6.69. The molecule has 11 heteroatoms. The van der Waals surface area contributed by atoms with Gasteiger partial charge in [0.2, 0.25) is 10.0 Å². The Morgan fingerprint density at radius 3 is 2.40 bits per heavy atom. The molecule has 0 radical (unpaired) electrons. The molecule has 8 nitrogen and oxygen atoms in total. The van der Waals surface area contributed by atoms with Crippen LogP contribution < -0.4 is 4.72 Å². The number of nitrogens with zero attached hydrogens (tertiary/aromatic N) is 2. The molecule has 192 valence electrons. The van der Waals surface area contributed by atoms with Gasteiger partial charge in [-0.3, -0.25) is 9.88 Å². The molecule has 1 saturated heterocycles. The van der Waals surface area contributed by atoms with E-state index in [-0.39, 0.29) is 6.54 Å². The molecule has 1 aromatic carbocycles. The van der Waals surface area contributed by atoms with Crippen molar-refractivity contribution in [1.29, 1.82) is 0 Å². The second kappa shape index (κ2) is 10.0. The SMILES string of the molecule is CC(C)(C)OC(=O)N1[C@H](CF)[C@@H](c2ccc(-c3cnc(CNS(C)(=O)=O)c(Cl)c3)cc2)OC1(C)C. The lowest BCUT2D eigenvalue weighted by atomic mass is 9.99. The molecule has 1 amide bonds. The van der Waals surface area contributed by atoms with Crippen molar-refractivity contribution >= 4 is 27.7 Å². The van der Waals surface area contributed by atoms with Crippen LogP contribution in [0.15, 0.2) is 36.5 Å². The van der Waals surface area contributed by atoms with E-state index in [1.165, 1.54) is 4.90 Å². The molecular weight excluding hydrogens is 497 g/mol. The summed E-state index contributed by atoms with van der Waals surface area (Å²) in [4.78, 5) is 18.4. The molecular formula is C24H31ClFN3O5S. The maximum absolute atomic E-state index is 14.2. The lowest BCUT2D eigenvalue weighted by Crippen LogP contribution is -2.50. The number of sulfonamides is 1. The van der Waals surface area contributed by atoms with E-state index >= 15 is 0 Å². The van der Waals surface area contributed by atoms with Crippen molar-refractivity contribution in [2.45, 2.75) is 64.6 Å². The number of carbonyl (C=O) groups is 1. The number of nitrogens with one attached hydrogen (secondary N) is 1. The minimum atomic E-state index is -3.37. The van der Waals surface area contributed by atoms with Gasteiger partial charge in [0.1, 0.15) is 24.1 Å². The molecule has 2 atom stereocenters. The molecule has 1 aliphatic rings. The lowest BCUT2D eigenvalue weighted by molar-refractivity contribution is -0.0797. The van der Waals surface area contributed by atoms with Crippen LogP contribution in [0.25, 0.3) is 11.1 Å². The molecule has 1 fully saturated rings. The first-order chi connectivity index (χ1) is 16.1. The van der Waals surface area contributed by atoms with E-state index < -0.39 is 46.3 Å². The number of aromatic nitrogens is 1. The summed E-state index contributed by atoms with van der Waals surface area (Å²) in [6, 6.07) is 8.14. The fraction of sp³-hybridized carbons (Fsp3) is 0.500. The van der Waals surface area contributed by atoms with E-state index in [0.717, 1.165) is 17.4 Å². The molecule has 2 aromatic rings. The number of carbonyl (C=O) groups excluding carboxylic acids is 1. The Hall–Kier alpha value is -2.27. The highest BCUT2D eigenvalue weighted by molar-refractivity contribution is 7.88. The van der Waals surface area contributed by atoms with Gasteiger partial charge in [-0.1, -0.05) is 35.9 Å². The van der Waals surface area contributed by atoms with E-state index in [1.54, 1.807) is 46.9 Å². The summed E-state index contributed by atoms with van der Waals surface area (Å²) < 4.78 is 50.8. The largest absolute Gasteiger partial charge is 0.444 e. The van der Waals surface area contributed by atoms with E-state index in [1.807, 2.05) is 24.3 Å². The summed E-state index contributed by atoms with van der Waals surface area (Å²) in [6.07, 6.45) is 1.36. The number of alkyl halides is 1. The topological polar surface area (TPSA) is 97.8 Å². The Morgan fingerprint density at radius 2 is 1.89 bits per heavy atom. The van der Waals surface area contributed by atoms with Gasteiger partial charge < -0.3 is 9.47 Å². The quantitative estimate of drug-likeness (QED) is 0.577. The Labute approximate surface area is 210 Å². The zero-order valence-electron chi connectivity index (χ0n) is 20.6. The monoisotopic (exact) mass is 527 g/mol. The average molecular weight is 528 g/mol.